The lowest BCUT2D eigenvalue weighted by atomic mass is 10.1. The van der Waals surface area contributed by atoms with Crippen molar-refractivity contribution in [3.63, 3.8) is 0 Å². The van der Waals surface area contributed by atoms with Crippen LogP contribution in [-0.2, 0) is 4.79 Å². The quantitative estimate of drug-likeness (QED) is 0.774. The van der Waals surface area contributed by atoms with E-state index in [-0.39, 0.29) is 6.04 Å². The maximum atomic E-state index is 12.3. The molecule has 1 aliphatic heterocycles. The number of carbonyl (C=O) groups excluding carboxylic acids is 1. The molecule has 0 bridgehead atoms. The zero-order chi connectivity index (χ0) is 13.5. The molecule has 0 radical (unpaired) electrons. The Labute approximate surface area is 117 Å². The Morgan fingerprint density at radius 1 is 1.26 bits per heavy atom. The van der Waals surface area contributed by atoms with Gasteiger partial charge in [0.1, 0.15) is 0 Å². The summed E-state index contributed by atoms with van der Waals surface area (Å²) in [5, 5.41) is 3.39. The summed E-state index contributed by atoms with van der Waals surface area (Å²) in [4.78, 5) is 14.4. The van der Waals surface area contributed by atoms with Crippen molar-refractivity contribution >= 4 is 5.91 Å². The largest absolute Gasteiger partial charge is 0.341 e. The van der Waals surface area contributed by atoms with Crippen molar-refractivity contribution in [2.24, 2.45) is 0 Å². The molecule has 1 aliphatic carbocycles. The van der Waals surface area contributed by atoms with Crippen molar-refractivity contribution in [1.29, 1.82) is 0 Å². The third-order valence-electron chi connectivity index (χ3n) is 4.32. The van der Waals surface area contributed by atoms with Gasteiger partial charge in [-0.05, 0) is 52.0 Å². The van der Waals surface area contributed by atoms with E-state index in [0.29, 0.717) is 5.91 Å². The van der Waals surface area contributed by atoms with Gasteiger partial charge >= 0.3 is 0 Å². The van der Waals surface area contributed by atoms with Crippen molar-refractivity contribution in [3.05, 3.63) is 11.6 Å². The highest BCUT2D eigenvalue weighted by atomic mass is 16.2. The molecular weight excluding hydrogens is 236 g/mol. The minimum Gasteiger partial charge on any atom is -0.341 e. The molecule has 0 aromatic heterocycles. The Morgan fingerprint density at radius 2 is 2.00 bits per heavy atom. The monoisotopic (exact) mass is 264 g/mol. The van der Waals surface area contributed by atoms with Gasteiger partial charge in [0.2, 0.25) is 5.91 Å². The Kier molecular flexibility index (Phi) is 5.90. The van der Waals surface area contributed by atoms with Gasteiger partial charge in [0.25, 0.3) is 0 Å². The van der Waals surface area contributed by atoms with Gasteiger partial charge in [0.05, 0.1) is 6.04 Å². The number of likely N-dealkylation sites (tertiary alicyclic amines) is 1. The zero-order valence-electron chi connectivity index (χ0n) is 12.3. The summed E-state index contributed by atoms with van der Waals surface area (Å²) in [6.45, 7) is 4.86. The van der Waals surface area contributed by atoms with E-state index in [1.807, 2.05) is 6.92 Å². The summed E-state index contributed by atoms with van der Waals surface area (Å²) in [6, 6.07) is -0.0277. The summed E-state index contributed by atoms with van der Waals surface area (Å²) >= 11 is 0. The van der Waals surface area contributed by atoms with Gasteiger partial charge in [-0.2, -0.15) is 0 Å². The molecule has 0 saturated carbocycles. The van der Waals surface area contributed by atoms with Gasteiger partial charge in [-0.25, -0.2) is 0 Å². The second-order valence-corrected chi connectivity index (χ2v) is 5.92. The van der Waals surface area contributed by atoms with E-state index in [2.05, 4.69) is 16.3 Å². The molecule has 3 nitrogen and oxygen atoms in total. The third kappa shape index (κ3) is 4.64. The summed E-state index contributed by atoms with van der Waals surface area (Å²) in [5.41, 5.74) is 1.57. The number of amides is 1. The minimum atomic E-state index is -0.0277. The van der Waals surface area contributed by atoms with Gasteiger partial charge in [-0.3, -0.25) is 4.79 Å². The number of carbonyl (C=O) groups is 1. The molecule has 1 fully saturated rings. The number of allylic oxidation sites excluding steroid dienone is 1. The van der Waals surface area contributed by atoms with Crippen LogP contribution >= 0.6 is 0 Å². The maximum absolute atomic E-state index is 12.3. The predicted molar refractivity (Wildman–Crippen MR) is 79.1 cm³/mol. The van der Waals surface area contributed by atoms with E-state index in [4.69, 9.17) is 0 Å². The van der Waals surface area contributed by atoms with Crippen LogP contribution in [0.5, 0.6) is 0 Å². The standard InChI is InChI=1S/C16H28N2O/c1-14(17-11-10-15-8-4-5-9-15)16(19)18-12-6-2-3-7-13-18/h8,14,17H,2-7,9-13H2,1H3. The molecule has 1 unspecified atom stereocenters. The molecule has 0 spiro atoms. The van der Waals surface area contributed by atoms with E-state index in [1.54, 1.807) is 5.57 Å². The van der Waals surface area contributed by atoms with Crippen LogP contribution in [0, 0.1) is 0 Å². The molecule has 19 heavy (non-hydrogen) atoms. The van der Waals surface area contributed by atoms with E-state index in [0.717, 1.165) is 26.1 Å². The van der Waals surface area contributed by atoms with Crippen LogP contribution in [0.15, 0.2) is 11.6 Å². The van der Waals surface area contributed by atoms with Gasteiger partial charge in [-0.1, -0.05) is 24.5 Å². The Morgan fingerprint density at radius 3 is 2.63 bits per heavy atom. The van der Waals surface area contributed by atoms with Gasteiger partial charge in [-0.15, -0.1) is 0 Å². The number of nitrogens with zero attached hydrogens (tertiary/aromatic N) is 1. The van der Waals surface area contributed by atoms with E-state index in [1.165, 1.54) is 44.9 Å². The lowest BCUT2D eigenvalue weighted by Gasteiger charge is -2.24. The van der Waals surface area contributed by atoms with Crippen molar-refractivity contribution in [2.75, 3.05) is 19.6 Å². The first-order valence-corrected chi connectivity index (χ1v) is 7.97. The number of hydrogen-bond donors (Lipinski definition) is 1. The second-order valence-electron chi connectivity index (χ2n) is 5.92. The normalized spacial score (nSPS) is 21.9. The lowest BCUT2D eigenvalue weighted by molar-refractivity contribution is -0.133. The highest BCUT2D eigenvalue weighted by Crippen LogP contribution is 2.19. The average Bonchev–Trinajstić information content (AvgIpc) is 2.78. The molecule has 2 aliphatic rings. The first-order valence-electron chi connectivity index (χ1n) is 7.97. The Hall–Kier alpha value is -0.830. The lowest BCUT2D eigenvalue weighted by Crippen LogP contribution is -2.45. The highest BCUT2D eigenvalue weighted by Gasteiger charge is 2.20. The smallest absolute Gasteiger partial charge is 0.239 e. The number of hydrogen-bond acceptors (Lipinski definition) is 2. The van der Waals surface area contributed by atoms with Crippen LogP contribution in [0.2, 0.25) is 0 Å². The van der Waals surface area contributed by atoms with Crippen molar-refractivity contribution in [3.8, 4) is 0 Å². The molecule has 2 rings (SSSR count). The molecule has 1 heterocycles. The molecular formula is C16H28N2O. The fourth-order valence-corrected chi connectivity index (χ4v) is 3.07. The zero-order valence-corrected chi connectivity index (χ0v) is 12.3. The minimum absolute atomic E-state index is 0.0277. The molecule has 1 N–H and O–H groups in total. The first-order chi connectivity index (χ1) is 9.27. The summed E-state index contributed by atoms with van der Waals surface area (Å²) in [6.07, 6.45) is 12.2. The average molecular weight is 264 g/mol. The Balaban J connectivity index is 1.68. The second kappa shape index (κ2) is 7.68. The van der Waals surface area contributed by atoms with Crippen molar-refractivity contribution in [1.82, 2.24) is 10.2 Å². The van der Waals surface area contributed by atoms with E-state index in [9.17, 15) is 4.79 Å². The number of rotatable bonds is 5. The molecule has 108 valence electrons. The van der Waals surface area contributed by atoms with Crippen LogP contribution in [0.1, 0.15) is 58.3 Å². The topological polar surface area (TPSA) is 32.3 Å². The molecule has 1 saturated heterocycles. The van der Waals surface area contributed by atoms with Crippen LogP contribution < -0.4 is 5.32 Å². The van der Waals surface area contributed by atoms with Gasteiger partial charge in [0, 0.05) is 13.1 Å². The van der Waals surface area contributed by atoms with Crippen molar-refractivity contribution < 1.29 is 4.79 Å². The SMILES string of the molecule is CC(NCCC1=CCCC1)C(=O)N1CCCCCC1. The van der Waals surface area contributed by atoms with Crippen LogP contribution in [0.4, 0.5) is 0 Å². The molecule has 1 amide bonds. The van der Waals surface area contributed by atoms with Gasteiger partial charge < -0.3 is 10.2 Å². The highest BCUT2D eigenvalue weighted by molar-refractivity contribution is 5.81. The molecule has 1 atom stereocenters. The fraction of sp³-hybridized carbons (Fsp3) is 0.812. The summed E-state index contributed by atoms with van der Waals surface area (Å²) in [7, 11) is 0. The van der Waals surface area contributed by atoms with Gasteiger partial charge in [0.15, 0.2) is 0 Å². The van der Waals surface area contributed by atoms with Crippen molar-refractivity contribution in [2.45, 2.75) is 64.3 Å². The van der Waals surface area contributed by atoms with Crippen LogP contribution in [-0.4, -0.2) is 36.5 Å². The summed E-state index contributed by atoms with van der Waals surface area (Å²) < 4.78 is 0. The van der Waals surface area contributed by atoms with E-state index >= 15 is 0 Å². The molecule has 0 aromatic carbocycles. The maximum Gasteiger partial charge on any atom is 0.239 e. The molecule has 3 heteroatoms. The first kappa shape index (κ1) is 14.6. The molecule has 0 aromatic rings. The third-order valence-corrected chi connectivity index (χ3v) is 4.32. The van der Waals surface area contributed by atoms with E-state index < -0.39 is 0 Å². The van der Waals surface area contributed by atoms with Crippen LogP contribution in [0.25, 0.3) is 0 Å². The Bertz CT molecular complexity index is 317. The number of nitrogens with one attached hydrogen (secondary N) is 1. The fourth-order valence-electron chi connectivity index (χ4n) is 3.07. The predicted octanol–water partition coefficient (Wildman–Crippen LogP) is 2.87. The van der Waals surface area contributed by atoms with Crippen LogP contribution in [0.3, 0.4) is 0 Å². The summed E-state index contributed by atoms with van der Waals surface area (Å²) in [5.74, 6) is 0.294.